The Labute approximate surface area is 121 Å². The number of aromatic nitrogens is 2. The van der Waals surface area contributed by atoms with E-state index in [0.29, 0.717) is 28.7 Å². The van der Waals surface area contributed by atoms with Crippen LogP contribution < -0.4 is 10.6 Å². The molecule has 3 rings (SSSR count). The molecule has 0 aliphatic carbocycles. The van der Waals surface area contributed by atoms with Crippen LogP contribution in [0.4, 0.5) is 0 Å². The minimum Gasteiger partial charge on any atom is -0.352 e. The average molecular weight is 291 g/mol. The molecule has 5 nitrogen and oxygen atoms in total. The molecule has 1 fully saturated rings. The van der Waals surface area contributed by atoms with Gasteiger partial charge in [0.05, 0.1) is 17.5 Å². The Bertz CT molecular complexity index is 621. The number of carbonyl (C=O) groups is 1. The lowest BCUT2D eigenvalue weighted by Crippen LogP contribution is -2.48. The number of hydrogen-bond donors (Lipinski definition) is 3. The summed E-state index contributed by atoms with van der Waals surface area (Å²) < 4.78 is 0. The molecule has 0 spiro atoms. The normalized spacial score (nSPS) is 14.8. The molecule has 20 heavy (non-hydrogen) atoms. The molecule has 2 heterocycles. The van der Waals surface area contributed by atoms with Crippen molar-refractivity contribution in [2.24, 2.45) is 5.92 Å². The van der Waals surface area contributed by atoms with Crippen molar-refractivity contribution in [1.29, 1.82) is 0 Å². The molecular weight excluding hydrogens is 276 g/mol. The third-order valence-electron chi connectivity index (χ3n) is 3.41. The minimum atomic E-state index is -0.111. The summed E-state index contributed by atoms with van der Waals surface area (Å²) in [5, 5.41) is 13.6. The molecule has 104 valence electrons. The maximum absolute atomic E-state index is 12.2. The lowest BCUT2D eigenvalue weighted by molar-refractivity contribution is 0.0943. The summed E-state index contributed by atoms with van der Waals surface area (Å²) in [6.45, 7) is 2.62. The number of benzene rings is 1. The van der Waals surface area contributed by atoms with Crippen molar-refractivity contribution in [3.8, 4) is 11.3 Å². The van der Waals surface area contributed by atoms with Crippen molar-refractivity contribution < 1.29 is 4.79 Å². The van der Waals surface area contributed by atoms with Crippen molar-refractivity contribution in [3.63, 3.8) is 0 Å². The smallest absolute Gasteiger partial charge is 0.255 e. The second-order valence-corrected chi connectivity index (χ2v) is 5.34. The maximum Gasteiger partial charge on any atom is 0.255 e. The Kier molecular flexibility index (Phi) is 3.71. The fourth-order valence-electron chi connectivity index (χ4n) is 2.15. The van der Waals surface area contributed by atoms with Crippen LogP contribution in [-0.4, -0.2) is 35.7 Å². The number of amides is 1. The fraction of sp³-hybridized carbons (Fsp3) is 0.286. The Morgan fingerprint density at radius 1 is 1.45 bits per heavy atom. The van der Waals surface area contributed by atoms with Gasteiger partial charge in [0, 0.05) is 36.1 Å². The van der Waals surface area contributed by atoms with E-state index in [-0.39, 0.29) is 5.91 Å². The van der Waals surface area contributed by atoms with Crippen LogP contribution in [0.3, 0.4) is 0 Å². The lowest BCUT2D eigenvalue weighted by atomic mass is 10.0. The van der Waals surface area contributed by atoms with E-state index in [1.165, 1.54) is 0 Å². The van der Waals surface area contributed by atoms with Gasteiger partial charge in [-0.25, -0.2) is 0 Å². The molecule has 0 bridgehead atoms. The van der Waals surface area contributed by atoms with Crippen LogP contribution in [0.2, 0.25) is 5.02 Å². The number of carbonyl (C=O) groups excluding carboxylic acids is 1. The van der Waals surface area contributed by atoms with E-state index < -0.39 is 0 Å². The first-order valence-corrected chi connectivity index (χ1v) is 6.90. The third-order valence-corrected chi connectivity index (χ3v) is 3.65. The third kappa shape index (κ3) is 2.69. The van der Waals surface area contributed by atoms with Crippen LogP contribution in [0.25, 0.3) is 11.3 Å². The molecule has 6 heteroatoms. The highest BCUT2D eigenvalue weighted by atomic mass is 35.5. The quantitative estimate of drug-likeness (QED) is 0.802. The van der Waals surface area contributed by atoms with Crippen LogP contribution in [0, 0.1) is 5.92 Å². The van der Waals surface area contributed by atoms with Gasteiger partial charge in [-0.1, -0.05) is 23.7 Å². The zero-order chi connectivity index (χ0) is 13.9. The van der Waals surface area contributed by atoms with Crippen molar-refractivity contribution in [1.82, 2.24) is 20.8 Å². The Morgan fingerprint density at radius 3 is 3.00 bits per heavy atom. The van der Waals surface area contributed by atoms with Crippen LogP contribution in [0.5, 0.6) is 0 Å². The number of nitrogens with zero attached hydrogens (tertiary/aromatic N) is 1. The molecule has 1 aliphatic rings. The molecule has 0 radical (unpaired) electrons. The first kappa shape index (κ1) is 13.1. The molecule has 0 atom stereocenters. The molecular formula is C14H15ClN4O. The SMILES string of the molecule is O=C(NCC1CNC1)c1cn[nH]c1-c1cccc(Cl)c1. The summed E-state index contributed by atoms with van der Waals surface area (Å²) in [5.74, 6) is 0.418. The van der Waals surface area contributed by atoms with Crippen LogP contribution >= 0.6 is 11.6 Å². The molecule has 0 saturated carbocycles. The molecule has 1 amide bonds. The average Bonchev–Trinajstić information content (AvgIpc) is 2.86. The summed E-state index contributed by atoms with van der Waals surface area (Å²) in [6, 6.07) is 7.35. The van der Waals surface area contributed by atoms with Crippen molar-refractivity contribution in [3.05, 3.63) is 41.0 Å². The highest BCUT2D eigenvalue weighted by Crippen LogP contribution is 2.23. The number of hydrogen-bond acceptors (Lipinski definition) is 3. The Morgan fingerprint density at radius 2 is 2.30 bits per heavy atom. The van der Waals surface area contributed by atoms with Gasteiger partial charge in [-0.3, -0.25) is 9.89 Å². The van der Waals surface area contributed by atoms with E-state index in [1.54, 1.807) is 12.3 Å². The highest BCUT2D eigenvalue weighted by molar-refractivity contribution is 6.30. The van der Waals surface area contributed by atoms with Crippen LogP contribution in [0.15, 0.2) is 30.5 Å². The minimum absolute atomic E-state index is 0.111. The van der Waals surface area contributed by atoms with Gasteiger partial charge in [0.15, 0.2) is 0 Å². The fourth-order valence-corrected chi connectivity index (χ4v) is 2.34. The number of nitrogens with one attached hydrogen (secondary N) is 3. The number of aromatic amines is 1. The largest absolute Gasteiger partial charge is 0.352 e. The molecule has 1 aromatic carbocycles. The highest BCUT2D eigenvalue weighted by Gasteiger charge is 2.20. The molecule has 1 aromatic heterocycles. The van der Waals surface area contributed by atoms with E-state index in [1.807, 2.05) is 18.2 Å². The molecule has 1 saturated heterocycles. The van der Waals surface area contributed by atoms with Gasteiger partial charge < -0.3 is 10.6 Å². The van der Waals surface area contributed by atoms with Gasteiger partial charge >= 0.3 is 0 Å². The van der Waals surface area contributed by atoms with Gasteiger partial charge in [-0.05, 0) is 12.1 Å². The van der Waals surface area contributed by atoms with Crippen molar-refractivity contribution in [2.75, 3.05) is 19.6 Å². The zero-order valence-electron chi connectivity index (χ0n) is 10.8. The van der Waals surface area contributed by atoms with Crippen molar-refractivity contribution >= 4 is 17.5 Å². The topological polar surface area (TPSA) is 69.8 Å². The van der Waals surface area contributed by atoms with Crippen molar-refractivity contribution in [2.45, 2.75) is 0 Å². The summed E-state index contributed by atoms with van der Waals surface area (Å²) in [5.41, 5.74) is 2.08. The monoisotopic (exact) mass is 290 g/mol. The number of H-pyrrole nitrogens is 1. The zero-order valence-corrected chi connectivity index (χ0v) is 11.6. The summed E-state index contributed by atoms with van der Waals surface area (Å²) in [6.07, 6.45) is 1.55. The standard InChI is InChI=1S/C14H15ClN4O/c15-11-3-1-2-10(4-11)13-12(8-18-19-13)14(20)17-7-9-5-16-6-9/h1-4,8-9,16H,5-7H2,(H,17,20)(H,18,19). The van der Waals surface area contributed by atoms with Gasteiger partial charge in [0.25, 0.3) is 5.91 Å². The van der Waals surface area contributed by atoms with Crippen LogP contribution in [-0.2, 0) is 0 Å². The number of rotatable bonds is 4. The summed E-state index contributed by atoms with van der Waals surface area (Å²) in [7, 11) is 0. The first-order valence-electron chi connectivity index (χ1n) is 6.52. The second-order valence-electron chi connectivity index (χ2n) is 4.90. The van der Waals surface area contributed by atoms with E-state index in [4.69, 9.17) is 11.6 Å². The molecule has 3 N–H and O–H groups in total. The first-order chi connectivity index (χ1) is 9.74. The van der Waals surface area contributed by atoms with E-state index in [2.05, 4.69) is 20.8 Å². The predicted octanol–water partition coefficient (Wildman–Crippen LogP) is 1.68. The van der Waals surface area contributed by atoms with E-state index in [0.717, 1.165) is 18.7 Å². The predicted molar refractivity (Wildman–Crippen MR) is 77.7 cm³/mol. The van der Waals surface area contributed by atoms with E-state index >= 15 is 0 Å². The summed E-state index contributed by atoms with van der Waals surface area (Å²) >= 11 is 5.98. The second kappa shape index (κ2) is 5.64. The van der Waals surface area contributed by atoms with E-state index in [9.17, 15) is 4.79 Å². The van der Waals surface area contributed by atoms with Gasteiger partial charge in [0.2, 0.25) is 0 Å². The van der Waals surface area contributed by atoms with Gasteiger partial charge in [-0.2, -0.15) is 5.10 Å². The van der Waals surface area contributed by atoms with Gasteiger partial charge in [-0.15, -0.1) is 0 Å². The maximum atomic E-state index is 12.2. The Hall–Kier alpha value is -1.85. The van der Waals surface area contributed by atoms with Crippen LogP contribution in [0.1, 0.15) is 10.4 Å². The molecule has 0 unspecified atom stereocenters. The lowest BCUT2D eigenvalue weighted by Gasteiger charge is -2.27. The van der Waals surface area contributed by atoms with Gasteiger partial charge in [0.1, 0.15) is 0 Å². The molecule has 2 aromatic rings. The Balaban J connectivity index is 1.77. The summed E-state index contributed by atoms with van der Waals surface area (Å²) in [4.78, 5) is 12.2. The molecule has 1 aliphatic heterocycles. The number of halogens is 1.